The van der Waals surface area contributed by atoms with Gasteiger partial charge >= 0.3 is 11.9 Å². The Bertz CT molecular complexity index is 1770. The second kappa shape index (κ2) is 47.8. The van der Waals surface area contributed by atoms with E-state index >= 15 is 0 Å². The molecule has 0 aliphatic carbocycles. The molecule has 464 valence electrons. The zero-order valence-corrected chi connectivity index (χ0v) is 54.7. The number of amides is 2. The number of rotatable bonds is 53. The molecule has 0 bridgehead atoms. The zero-order chi connectivity index (χ0) is 59.1. The van der Waals surface area contributed by atoms with Crippen LogP contribution in [0.15, 0.2) is 60.7 Å². The summed E-state index contributed by atoms with van der Waals surface area (Å²) in [6.45, 7) is 20.8. The molecule has 0 heterocycles. The average Bonchev–Trinajstić information content (AvgIpc) is 3.46. The van der Waals surface area contributed by atoms with Crippen LogP contribution in [0, 0.1) is 0 Å². The molecule has 0 spiro atoms. The molecule has 0 aliphatic rings. The van der Waals surface area contributed by atoms with Gasteiger partial charge in [0.15, 0.2) is 0 Å². The van der Waals surface area contributed by atoms with Gasteiger partial charge in [0.25, 0.3) is 8.32 Å². The summed E-state index contributed by atoms with van der Waals surface area (Å²) < 4.78 is 19.2. The van der Waals surface area contributed by atoms with Crippen molar-refractivity contribution in [2.24, 2.45) is 0 Å². The Balaban J connectivity index is 2.00. The SMILES string of the molecule is CCCCCCCCN(CCCCCCCC)C(=O)CCCCCCC(=O)OCC(CN(C)CCO[Si](c1ccccc1)(c1ccccc1)C(C)(C)C)OC(=O)CCCCCCC(=O)N(CCCCCCCC)CCCCCCCC. The number of hydrogen-bond donors (Lipinski definition) is 0. The van der Waals surface area contributed by atoms with Crippen molar-refractivity contribution in [3.8, 4) is 0 Å². The molecule has 2 aromatic carbocycles. The molecular formula is C70H123N3O7Si. The van der Waals surface area contributed by atoms with E-state index < -0.39 is 14.4 Å². The van der Waals surface area contributed by atoms with Gasteiger partial charge < -0.3 is 28.6 Å². The fraction of sp³-hybridized carbons (Fsp3) is 0.771. The number of unbranched alkanes of at least 4 members (excludes halogenated alkanes) is 26. The summed E-state index contributed by atoms with van der Waals surface area (Å²) in [7, 11) is -0.738. The lowest BCUT2D eigenvalue weighted by atomic mass is 10.1. The van der Waals surface area contributed by atoms with Gasteiger partial charge in [-0.2, -0.15) is 0 Å². The van der Waals surface area contributed by atoms with Crippen LogP contribution in [-0.2, 0) is 33.1 Å². The van der Waals surface area contributed by atoms with Gasteiger partial charge in [-0.15, -0.1) is 0 Å². The third-order valence-corrected chi connectivity index (χ3v) is 21.4. The minimum atomic E-state index is -2.75. The molecule has 0 N–H and O–H groups in total. The van der Waals surface area contributed by atoms with Crippen LogP contribution < -0.4 is 10.4 Å². The molecule has 2 amide bonds. The highest BCUT2D eigenvalue weighted by Gasteiger charge is 2.50. The van der Waals surface area contributed by atoms with Gasteiger partial charge in [0.05, 0.1) is 0 Å². The van der Waals surface area contributed by atoms with Crippen LogP contribution in [0.4, 0.5) is 0 Å². The Labute approximate surface area is 498 Å². The quantitative estimate of drug-likeness (QED) is 0.0366. The Morgan fingerprint density at radius 1 is 0.432 bits per heavy atom. The zero-order valence-electron chi connectivity index (χ0n) is 53.7. The maximum absolute atomic E-state index is 13.5. The number of carbonyl (C=O) groups excluding carboxylic acids is 4. The number of esters is 2. The van der Waals surface area contributed by atoms with E-state index in [2.05, 4.69) is 124 Å². The molecule has 0 aliphatic heterocycles. The lowest BCUT2D eigenvalue weighted by Gasteiger charge is -2.43. The monoisotopic (exact) mass is 1150 g/mol. The van der Waals surface area contributed by atoms with E-state index in [1.807, 2.05) is 7.05 Å². The van der Waals surface area contributed by atoms with Crippen molar-refractivity contribution in [1.82, 2.24) is 14.7 Å². The van der Waals surface area contributed by atoms with Gasteiger partial charge in [0.2, 0.25) is 11.8 Å². The van der Waals surface area contributed by atoms with E-state index in [0.717, 1.165) is 90.4 Å². The van der Waals surface area contributed by atoms with E-state index in [0.29, 0.717) is 45.4 Å². The maximum Gasteiger partial charge on any atom is 0.306 e. The van der Waals surface area contributed by atoms with Gasteiger partial charge in [-0.25, -0.2) is 0 Å². The highest BCUT2D eigenvalue weighted by Crippen LogP contribution is 2.36. The first kappa shape index (κ1) is 73.6. The number of likely N-dealkylation sites (N-methyl/N-ethyl adjacent to an activating group) is 1. The summed E-state index contributed by atoms with van der Waals surface area (Å²) in [6.07, 6.45) is 37.0. The van der Waals surface area contributed by atoms with Crippen LogP contribution in [0.1, 0.15) is 280 Å². The highest BCUT2D eigenvalue weighted by atomic mass is 28.4. The van der Waals surface area contributed by atoms with Gasteiger partial charge in [0, 0.05) is 71.6 Å². The number of nitrogens with zero attached hydrogens (tertiary/aromatic N) is 3. The van der Waals surface area contributed by atoms with E-state index in [9.17, 15) is 19.2 Å². The Morgan fingerprint density at radius 3 is 1.14 bits per heavy atom. The van der Waals surface area contributed by atoms with Crippen molar-refractivity contribution in [2.75, 3.05) is 59.5 Å². The molecule has 11 heteroatoms. The Morgan fingerprint density at radius 2 is 0.765 bits per heavy atom. The molecule has 0 aromatic heterocycles. The Hall–Kier alpha value is -3.54. The number of benzene rings is 2. The van der Waals surface area contributed by atoms with Crippen LogP contribution in [0.2, 0.25) is 5.04 Å². The molecule has 0 saturated heterocycles. The smallest absolute Gasteiger partial charge is 0.306 e. The first-order valence-corrected chi connectivity index (χ1v) is 35.6. The van der Waals surface area contributed by atoms with Crippen molar-refractivity contribution in [1.29, 1.82) is 0 Å². The second-order valence-corrected chi connectivity index (χ2v) is 29.0. The number of carbonyl (C=O) groups is 4. The first-order valence-electron chi connectivity index (χ1n) is 33.7. The largest absolute Gasteiger partial charge is 0.462 e. The third-order valence-electron chi connectivity index (χ3n) is 16.3. The normalized spacial score (nSPS) is 12.2. The minimum absolute atomic E-state index is 0.0118. The van der Waals surface area contributed by atoms with Crippen molar-refractivity contribution >= 4 is 42.4 Å². The molecular weight excluding hydrogens is 1020 g/mol. The van der Waals surface area contributed by atoms with Crippen LogP contribution >= 0.6 is 0 Å². The van der Waals surface area contributed by atoms with E-state index in [1.165, 1.54) is 139 Å². The van der Waals surface area contributed by atoms with Crippen molar-refractivity contribution in [3.63, 3.8) is 0 Å². The van der Waals surface area contributed by atoms with E-state index in [-0.39, 0.29) is 48.2 Å². The molecule has 0 saturated carbocycles. The summed E-state index contributed by atoms with van der Waals surface area (Å²) in [4.78, 5) is 60.0. The summed E-state index contributed by atoms with van der Waals surface area (Å²) in [5, 5.41) is 2.29. The van der Waals surface area contributed by atoms with Crippen LogP contribution in [-0.4, -0.2) is 112 Å². The fourth-order valence-electron chi connectivity index (χ4n) is 11.4. The number of ether oxygens (including phenoxy) is 2. The molecule has 2 aromatic rings. The minimum Gasteiger partial charge on any atom is -0.462 e. The van der Waals surface area contributed by atoms with Gasteiger partial charge in [-0.1, -0.05) is 263 Å². The highest BCUT2D eigenvalue weighted by molar-refractivity contribution is 6.99. The topological polar surface area (TPSA) is 106 Å². The predicted octanol–water partition coefficient (Wildman–Crippen LogP) is 16.7. The molecule has 0 radical (unpaired) electrons. The molecule has 2 rings (SSSR count). The number of hydrogen-bond acceptors (Lipinski definition) is 8. The summed E-state index contributed by atoms with van der Waals surface area (Å²) in [6, 6.07) is 21.3. The van der Waals surface area contributed by atoms with Crippen molar-refractivity contribution < 1.29 is 33.1 Å². The molecule has 10 nitrogen and oxygen atoms in total. The molecule has 81 heavy (non-hydrogen) atoms. The van der Waals surface area contributed by atoms with Crippen LogP contribution in [0.25, 0.3) is 0 Å². The van der Waals surface area contributed by atoms with Crippen LogP contribution in [0.5, 0.6) is 0 Å². The van der Waals surface area contributed by atoms with Crippen molar-refractivity contribution in [2.45, 2.75) is 291 Å². The van der Waals surface area contributed by atoms with E-state index in [4.69, 9.17) is 13.9 Å². The summed E-state index contributed by atoms with van der Waals surface area (Å²) >= 11 is 0. The van der Waals surface area contributed by atoms with Crippen molar-refractivity contribution in [3.05, 3.63) is 60.7 Å². The summed E-state index contributed by atoms with van der Waals surface area (Å²) in [5.41, 5.74) is 0. The fourth-order valence-corrected chi connectivity index (χ4v) is 15.9. The lowest BCUT2D eigenvalue weighted by Crippen LogP contribution is -2.67. The average molecular weight is 1150 g/mol. The maximum atomic E-state index is 13.5. The van der Waals surface area contributed by atoms with Gasteiger partial charge in [-0.05, 0) is 73.8 Å². The van der Waals surface area contributed by atoms with Crippen LogP contribution in [0.3, 0.4) is 0 Å². The predicted molar refractivity (Wildman–Crippen MR) is 344 cm³/mol. The van der Waals surface area contributed by atoms with Gasteiger partial charge in [0.1, 0.15) is 12.7 Å². The Kier molecular flexibility index (Phi) is 43.4. The van der Waals surface area contributed by atoms with E-state index in [1.54, 1.807) is 0 Å². The standard InChI is InChI=1S/C70H123N3O7Si/c1-9-13-17-21-29-43-55-72(56-44-30-22-18-14-10-2)66(74)51-39-25-27-41-53-68(76)78-62-63(61-71(8)59-60-79-81(70(5,6)7,64-47-35-33-36-48-64)65-49-37-34-38-50-65)80-69(77)54-42-28-26-40-52-67(75)73(57-45-31-23-19-15-11-3)58-46-32-24-20-16-12-4/h33-38,47-50,63H,9-32,39-46,51-62H2,1-8H3. The second-order valence-electron chi connectivity index (χ2n) is 24.7. The lowest BCUT2D eigenvalue weighted by molar-refractivity contribution is -0.160. The molecule has 1 unspecified atom stereocenters. The summed E-state index contributed by atoms with van der Waals surface area (Å²) in [5.74, 6) is -0.0229. The molecule has 1 atom stereocenters. The van der Waals surface area contributed by atoms with Gasteiger partial charge in [-0.3, -0.25) is 19.2 Å². The molecule has 0 fully saturated rings. The third kappa shape index (κ3) is 34.1. The first-order chi connectivity index (χ1) is 39.3.